The van der Waals surface area contributed by atoms with E-state index in [0.717, 1.165) is 5.56 Å². The van der Waals surface area contributed by atoms with E-state index in [-0.39, 0.29) is 5.75 Å². The fourth-order valence-corrected chi connectivity index (χ4v) is 0.980. The first kappa shape index (κ1) is 9.83. The minimum absolute atomic E-state index is 0.227. The summed E-state index contributed by atoms with van der Waals surface area (Å²) < 4.78 is 5.01. The summed E-state index contributed by atoms with van der Waals surface area (Å²) in [5, 5.41) is 9.41. The zero-order chi connectivity index (χ0) is 9.68. The number of rotatable bonds is 4. The molecule has 0 aliphatic carbocycles. The molecule has 0 aromatic heterocycles. The highest BCUT2D eigenvalue weighted by Crippen LogP contribution is 2.22. The second kappa shape index (κ2) is 4.69. The minimum atomic E-state index is 0.227. The van der Waals surface area contributed by atoms with Crippen molar-refractivity contribution in [1.82, 2.24) is 5.48 Å². The molecular formula is C9H13NO3. The van der Waals surface area contributed by atoms with Crippen molar-refractivity contribution < 1.29 is 14.7 Å². The van der Waals surface area contributed by atoms with Gasteiger partial charge in [-0.25, -0.2) is 0 Å². The normalized spacial score (nSPS) is 10.0. The molecule has 0 radical (unpaired) electrons. The summed E-state index contributed by atoms with van der Waals surface area (Å²) in [5.74, 6) is 0.941. The van der Waals surface area contributed by atoms with E-state index in [2.05, 4.69) is 10.3 Å². The van der Waals surface area contributed by atoms with Crippen LogP contribution in [0.25, 0.3) is 0 Å². The lowest BCUT2D eigenvalue weighted by atomic mass is 10.2. The molecule has 0 aliphatic heterocycles. The number of nitrogens with one attached hydrogen (secondary N) is 1. The van der Waals surface area contributed by atoms with Crippen LogP contribution in [0.15, 0.2) is 18.2 Å². The molecule has 0 saturated heterocycles. The van der Waals surface area contributed by atoms with Gasteiger partial charge in [-0.15, -0.1) is 0 Å². The number of phenolic OH excluding ortho intramolecular Hbond substituents is 1. The monoisotopic (exact) mass is 183 g/mol. The van der Waals surface area contributed by atoms with Crippen LogP contribution in [0.2, 0.25) is 0 Å². The zero-order valence-corrected chi connectivity index (χ0v) is 7.70. The topological polar surface area (TPSA) is 50.7 Å². The molecule has 0 atom stereocenters. The summed E-state index contributed by atoms with van der Waals surface area (Å²) in [7, 11) is 3.11. The van der Waals surface area contributed by atoms with Crippen LogP contribution in [0.3, 0.4) is 0 Å². The van der Waals surface area contributed by atoms with Crippen LogP contribution >= 0.6 is 0 Å². The Kier molecular flexibility index (Phi) is 3.54. The van der Waals surface area contributed by atoms with Gasteiger partial charge in [0.1, 0.15) is 11.5 Å². The Hall–Kier alpha value is -1.26. The molecule has 0 fully saturated rings. The molecule has 1 aromatic rings. The largest absolute Gasteiger partial charge is 0.508 e. The van der Waals surface area contributed by atoms with Gasteiger partial charge in [0.2, 0.25) is 0 Å². The van der Waals surface area contributed by atoms with Gasteiger partial charge in [-0.05, 0) is 18.2 Å². The number of phenols is 1. The summed E-state index contributed by atoms with van der Waals surface area (Å²) in [5.41, 5.74) is 3.38. The Balaban J connectivity index is 2.78. The number of benzene rings is 1. The summed E-state index contributed by atoms with van der Waals surface area (Å²) in [4.78, 5) is 4.67. The van der Waals surface area contributed by atoms with Gasteiger partial charge in [0.05, 0.1) is 14.2 Å². The summed E-state index contributed by atoms with van der Waals surface area (Å²) in [6.45, 7) is 0.444. The molecule has 0 unspecified atom stereocenters. The molecule has 0 amide bonds. The van der Waals surface area contributed by atoms with Crippen LogP contribution in [-0.2, 0) is 11.4 Å². The number of hydroxylamine groups is 1. The maximum atomic E-state index is 9.41. The lowest BCUT2D eigenvalue weighted by Gasteiger charge is -2.06. The van der Waals surface area contributed by atoms with Crippen molar-refractivity contribution >= 4 is 0 Å². The predicted molar refractivity (Wildman–Crippen MR) is 48.5 cm³/mol. The molecule has 0 aliphatic rings. The van der Waals surface area contributed by atoms with Crippen molar-refractivity contribution in [2.45, 2.75) is 6.54 Å². The fourth-order valence-electron chi connectivity index (χ4n) is 0.980. The summed E-state index contributed by atoms with van der Waals surface area (Å²) in [6.07, 6.45) is 0. The van der Waals surface area contributed by atoms with Crippen LogP contribution in [0, 0.1) is 0 Å². The SMILES string of the molecule is CONCc1cc(OC)ccc1O. The lowest BCUT2D eigenvalue weighted by Crippen LogP contribution is -2.10. The molecule has 72 valence electrons. The van der Waals surface area contributed by atoms with Crippen LogP contribution in [-0.4, -0.2) is 19.3 Å². The minimum Gasteiger partial charge on any atom is -0.508 e. The average molecular weight is 183 g/mol. The maximum Gasteiger partial charge on any atom is 0.120 e. The number of hydrogen-bond donors (Lipinski definition) is 2. The van der Waals surface area contributed by atoms with Crippen LogP contribution < -0.4 is 10.2 Å². The number of ether oxygens (including phenoxy) is 1. The Morgan fingerprint density at radius 3 is 2.77 bits per heavy atom. The third kappa shape index (κ3) is 2.61. The molecule has 0 bridgehead atoms. The van der Waals surface area contributed by atoms with Gasteiger partial charge >= 0.3 is 0 Å². The third-order valence-electron chi connectivity index (χ3n) is 1.69. The van der Waals surface area contributed by atoms with E-state index in [1.807, 2.05) is 0 Å². The van der Waals surface area contributed by atoms with E-state index in [4.69, 9.17) is 4.74 Å². The van der Waals surface area contributed by atoms with Crippen LogP contribution in [0.1, 0.15) is 5.56 Å². The van der Waals surface area contributed by atoms with Gasteiger partial charge in [-0.2, -0.15) is 5.48 Å². The molecule has 0 saturated carbocycles. The number of hydrogen-bond acceptors (Lipinski definition) is 4. The Morgan fingerprint density at radius 1 is 1.38 bits per heavy atom. The standard InChI is InChI=1S/C9H13NO3/c1-12-8-3-4-9(11)7(5-8)6-10-13-2/h3-5,10-11H,6H2,1-2H3. The van der Waals surface area contributed by atoms with Gasteiger partial charge in [0.15, 0.2) is 0 Å². The molecule has 2 N–H and O–H groups in total. The highest BCUT2D eigenvalue weighted by Gasteiger charge is 2.01. The number of aromatic hydroxyl groups is 1. The van der Waals surface area contributed by atoms with E-state index in [0.29, 0.717) is 12.3 Å². The Morgan fingerprint density at radius 2 is 2.15 bits per heavy atom. The van der Waals surface area contributed by atoms with Gasteiger partial charge in [-0.1, -0.05) is 0 Å². The Bertz CT molecular complexity index is 276. The van der Waals surface area contributed by atoms with Crippen molar-refractivity contribution in [3.05, 3.63) is 23.8 Å². The van der Waals surface area contributed by atoms with E-state index in [9.17, 15) is 5.11 Å². The molecule has 0 heterocycles. The zero-order valence-electron chi connectivity index (χ0n) is 7.70. The van der Waals surface area contributed by atoms with E-state index >= 15 is 0 Å². The molecule has 13 heavy (non-hydrogen) atoms. The van der Waals surface area contributed by atoms with Gasteiger partial charge < -0.3 is 14.7 Å². The molecule has 1 rings (SSSR count). The fraction of sp³-hybridized carbons (Fsp3) is 0.333. The van der Waals surface area contributed by atoms with Crippen molar-refractivity contribution in [1.29, 1.82) is 0 Å². The van der Waals surface area contributed by atoms with Crippen LogP contribution in [0.5, 0.6) is 11.5 Å². The highest BCUT2D eigenvalue weighted by molar-refractivity contribution is 5.39. The van der Waals surface area contributed by atoms with E-state index < -0.39 is 0 Å². The molecule has 0 spiro atoms. The molecular weight excluding hydrogens is 170 g/mol. The molecule has 4 heteroatoms. The maximum absolute atomic E-state index is 9.41. The van der Waals surface area contributed by atoms with Crippen molar-refractivity contribution in [3.63, 3.8) is 0 Å². The third-order valence-corrected chi connectivity index (χ3v) is 1.69. The first-order valence-corrected chi connectivity index (χ1v) is 3.89. The van der Waals surface area contributed by atoms with Crippen LogP contribution in [0.4, 0.5) is 0 Å². The first-order chi connectivity index (χ1) is 6.27. The summed E-state index contributed by atoms with van der Waals surface area (Å²) >= 11 is 0. The van der Waals surface area contributed by atoms with Gasteiger partial charge in [0, 0.05) is 12.1 Å². The first-order valence-electron chi connectivity index (χ1n) is 3.89. The van der Waals surface area contributed by atoms with Crippen molar-refractivity contribution in [3.8, 4) is 11.5 Å². The summed E-state index contributed by atoms with van der Waals surface area (Å²) in [6, 6.07) is 5.04. The highest BCUT2D eigenvalue weighted by atomic mass is 16.6. The van der Waals surface area contributed by atoms with Gasteiger partial charge in [0.25, 0.3) is 0 Å². The van der Waals surface area contributed by atoms with Gasteiger partial charge in [-0.3, -0.25) is 0 Å². The second-order valence-electron chi connectivity index (χ2n) is 2.52. The number of methoxy groups -OCH3 is 1. The quantitative estimate of drug-likeness (QED) is 0.685. The predicted octanol–water partition coefficient (Wildman–Crippen LogP) is 1.05. The lowest BCUT2D eigenvalue weighted by molar-refractivity contribution is 0.0861. The average Bonchev–Trinajstić information content (AvgIpc) is 2.17. The molecule has 1 aromatic carbocycles. The van der Waals surface area contributed by atoms with Crippen molar-refractivity contribution in [2.75, 3.05) is 14.2 Å². The van der Waals surface area contributed by atoms with E-state index in [1.165, 1.54) is 7.11 Å². The molecule has 4 nitrogen and oxygen atoms in total. The Labute approximate surface area is 77.1 Å². The van der Waals surface area contributed by atoms with E-state index in [1.54, 1.807) is 25.3 Å². The second-order valence-corrected chi connectivity index (χ2v) is 2.52. The van der Waals surface area contributed by atoms with Crippen molar-refractivity contribution in [2.24, 2.45) is 0 Å². The smallest absolute Gasteiger partial charge is 0.120 e.